The van der Waals surface area contributed by atoms with Crippen molar-refractivity contribution in [2.75, 3.05) is 11.9 Å². The monoisotopic (exact) mass is 390 g/mol. The number of hydrogen-bond donors (Lipinski definition) is 3. The van der Waals surface area contributed by atoms with Gasteiger partial charge in [0.25, 0.3) is 5.91 Å². The summed E-state index contributed by atoms with van der Waals surface area (Å²) in [6, 6.07) is 14.1. The fourth-order valence-electron chi connectivity index (χ4n) is 3.60. The lowest BCUT2D eigenvalue weighted by Gasteiger charge is -2.14. The molecular weight excluding hydrogens is 368 g/mol. The maximum absolute atomic E-state index is 12.4. The van der Waals surface area contributed by atoms with Crippen LogP contribution in [0.15, 0.2) is 54.7 Å². The van der Waals surface area contributed by atoms with Crippen molar-refractivity contribution >= 4 is 34.3 Å². The predicted octanol–water partition coefficient (Wildman–Crippen LogP) is 2.21. The molecule has 0 spiro atoms. The maximum Gasteiger partial charge on any atom is 0.254 e. The molecule has 0 unspecified atom stereocenters. The minimum Gasteiger partial charge on any atom is -0.354 e. The van der Waals surface area contributed by atoms with Gasteiger partial charge in [-0.2, -0.15) is 0 Å². The van der Waals surface area contributed by atoms with Crippen LogP contribution in [0.1, 0.15) is 22.3 Å². The number of anilines is 1. The molecule has 4 rings (SSSR count). The van der Waals surface area contributed by atoms with Gasteiger partial charge in [0.2, 0.25) is 11.8 Å². The third-order valence-electron chi connectivity index (χ3n) is 5.15. The zero-order chi connectivity index (χ0) is 20.4. The number of nitrogens with zero attached hydrogens (tertiary/aromatic N) is 1. The Morgan fingerprint density at radius 3 is 2.79 bits per heavy atom. The first-order valence-electron chi connectivity index (χ1n) is 9.55. The molecule has 7 nitrogen and oxygen atoms in total. The van der Waals surface area contributed by atoms with Crippen LogP contribution < -0.4 is 16.0 Å². The van der Waals surface area contributed by atoms with E-state index in [1.165, 1.54) is 10.9 Å². The predicted molar refractivity (Wildman–Crippen MR) is 111 cm³/mol. The Kier molecular flexibility index (Phi) is 5.03. The summed E-state index contributed by atoms with van der Waals surface area (Å²) in [5.41, 5.74) is 3.17. The minimum absolute atomic E-state index is 0.114. The van der Waals surface area contributed by atoms with E-state index in [4.69, 9.17) is 0 Å². The normalized spacial score (nSPS) is 16.0. The van der Waals surface area contributed by atoms with Gasteiger partial charge in [-0.3, -0.25) is 14.4 Å². The molecule has 3 N–H and O–H groups in total. The number of carbonyl (C=O) groups is 3. The summed E-state index contributed by atoms with van der Waals surface area (Å²) in [6.07, 6.45) is 1.89. The fraction of sp³-hybridized carbons (Fsp3) is 0.227. The van der Waals surface area contributed by atoms with E-state index in [-0.39, 0.29) is 18.2 Å². The lowest BCUT2D eigenvalue weighted by molar-refractivity contribution is -0.125. The molecule has 3 aromatic rings. The number of rotatable bonds is 5. The number of aryl methyl sites for hydroxylation is 1. The van der Waals surface area contributed by atoms with Gasteiger partial charge in [-0.1, -0.05) is 24.3 Å². The quantitative estimate of drug-likeness (QED) is 0.624. The van der Waals surface area contributed by atoms with Crippen LogP contribution >= 0.6 is 0 Å². The van der Waals surface area contributed by atoms with Crippen molar-refractivity contribution in [3.05, 3.63) is 65.9 Å². The van der Waals surface area contributed by atoms with E-state index in [1.807, 2.05) is 18.3 Å². The average Bonchev–Trinajstić information content (AvgIpc) is 3.07. The van der Waals surface area contributed by atoms with Crippen molar-refractivity contribution < 1.29 is 14.4 Å². The van der Waals surface area contributed by atoms with E-state index in [1.54, 1.807) is 24.3 Å². The van der Waals surface area contributed by atoms with E-state index < -0.39 is 11.9 Å². The molecule has 0 bridgehead atoms. The molecule has 1 atom stereocenters. The topological polar surface area (TPSA) is 92.2 Å². The Balaban J connectivity index is 1.34. The SMILES string of the molecule is Cc1cccc2c1ccn2CCNC(=O)C[C@@H]1NC(=O)c2ccccc2NC1=O. The summed E-state index contributed by atoms with van der Waals surface area (Å²) in [5, 5.41) is 9.36. The molecule has 0 saturated carbocycles. The first-order valence-corrected chi connectivity index (χ1v) is 9.55. The largest absolute Gasteiger partial charge is 0.354 e. The highest BCUT2D eigenvalue weighted by Gasteiger charge is 2.29. The van der Waals surface area contributed by atoms with Crippen LogP contribution in [0, 0.1) is 6.92 Å². The molecule has 0 fully saturated rings. The second-order valence-corrected chi connectivity index (χ2v) is 7.13. The number of aromatic nitrogens is 1. The smallest absolute Gasteiger partial charge is 0.254 e. The van der Waals surface area contributed by atoms with Gasteiger partial charge in [-0.25, -0.2) is 0 Å². The van der Waals surface area contributed by atoms with Gasteiger partial charge in [0.05, 0.1) is 17.7 Å². The number of benzene rings is 2. The third-order valence-corrected chi connectivity index (χ3v) is 5.15. The van der Waals surface area contributed by atoms with E-state index >= 15 is 0 Å². The standard InChI is InChI=1S/C22H22N4O3/c1-14-5-4-8-19-15(14)9-11-26(19)12-10-23-20(27)13-18-22(29)24-17-7-3-2-6-16(17)21(28)25-18/h2-9,11,18H,10,12-13H2,1H3,(H,23,27)(H,24,29)(H,25,28)/t18-/m0/s1. The highest BCUT2D eigenvalue weighted by Crippen LogP contribution is 2.20. The number of fused-ring (bicyclic) bond motifs is 2. The molecule has 3 amide bonds. The van der Waals surface area contributed by atoms with E-state index in [9.17, 15) is 14.4 Å². The summed E-state index contributed by atoms with van der Waals surface area (Å²) in [6.45, 7) is 3.12. The molecule has 0 aliphatic carbocycles. The van der Waals surface area contributed by atoms with Gasteiger partial charge in [0.1, 0.15) is 6.04 Å². The van der Waals surface area contributed by atoms with Crippen LogP contribution in [0.3, 0.4) is 0 Å². The Bertz CT molecular complexity index is 1100. The average molecular weight is 390 g/mol. The number of carbonyl (C=O) groups excluding carboxylic acids is 3. The third kappa shape index (κ3) is 3.85. The highest BCUT2D eigenvalue weighted by molar-refractivity contribution is 6.10. The molecule has 1 aromatic heterocycles. The summed E-state index contributed by atoms with van der Waals surface area (Å²) < 4.78 is 2.08. The minimum atomic E-state index is -0.912. The van der Waals surface area contributed by atoms with Crippen molar-refractivity contribution in [2.24, 2.45) is 0 Å². The lowest BCUT2D eigenvalue weighted by atomic mass is 10.1. The van der Waals surface area contributed by atoms with E-state index in [0.717, 1.165) is 5.52 Å². The molecule has 148 valence electrons. The molecular formula is C22H22N4O3. The second-order valence-electron chi connectivity index (χ2n) is 7.13. The van der Waals surface area contributed by atoms with Gasteiger partial charge in [-0.15, -0.1) is 0 Å². The van der Waals surface area contributed by atoms with Crippen LogP contribution in [0.5, 0.6) is 0 Å². The zero-order valence-corrected chi connectivity index (χ0v) is 16.1. The van der Waals surface area contributed by atoms with Crippen molar-refractivity contribution in [1.82, 2.24) is 15.2 Å². The molecule has 0 saturated heterocycles. The number of hydrogen-bond acceptors (Lipinski definition) is 3. The van der Waals surface area contributed by atoms with E-state index in [2.05, 4.69) is 39.6 Å². The second kappa shape index (κ2) is 7.79. The number of nitrogens with one attached hydrogen (secondary N) is 3. The van der Waals surface area contributed by atoms with Gasteiger partial charge in [0, 0.05) is 30.2 Å². The molecule has 1 aliphatic rings. The van der Waals surface area contributed by atoms with Crippen LogP contribution in [0.2, 0.25) is 0 Å². The number of para-hydroxylation sites is 1. The number of amides is 3. The van der Waals surface area contributed by atoms with Crippen LogP contribution in [-0.4, -0.2) is 34.9 Å². The fourth-order valence-corrected chi connectivity index (χ4v) is 3.60. The molecule has 29 heavy (non-hydrogen) atoms. The van der Waals surface area contributed by atoms with Crippen molar-refractivity contribution in [1.29, 1.82) is 0 Å². The summed E-state index contributed by atoms with van der Waals surface area (Å²) in [5.74, 6) is -1.06. The van der Waals surface area contributed by atoms with Crippen LogP contribution in [0.4, 0.5) is 5.69 Å². The molecule has 0 radical (unpaired) electrons. The molecule has 1 aliphatic heterocycles. The van der Waals surface area contributed by atoms with Gasteiger partial charge in [-0.05, 0) is 36.8 Å². The van der Waals surface area contributed by atoms with Crippen LogP contribution in [-0.2, 0) is 16.1 Å². The molecule has 7 heteroatoms. The van der Waals surface area contributed by atoms with Crippen molar-refractivity contribution in [3.63, 3.8) is 0 Å². The van der Waals surface area contributed by atoms with Crippen molar-refractivity contribution in [2.45, 2.75) is 25.9 Å². The Morgan fingerprint density at radius 1 is 1.10 bits per heavy atom. The highest BCUT2D eigenvalue weighted by atomic mass is 16.2. The Labute approximate surface area is 168 Å². The van der Waals surface area contributed by atoms with Gasteiger partial charge in [0.15, 0.2) is 0 Å². The van der Waals surface area contributed by atoms with Gasteiger partial charge < -0.3 is 20.5 Å². The van der Waals surface area contributed by atoms with Crippen molar-refractivity contribution in [3.8, 4) is 0 Å². The Hall–Kier alpha value is -3.61. The lowest BCUT2D eigenvalue weighted by Crippen LogP contribution is -2.44. The summed E-state index contributed by atoms with van der Waals surface area (Å²) >= 11 is 0. The maximum atomic E-state index is 12.4. The zero-order valence-electron chi connectivity index (χ0n) is 16.1. The van der Waals surface area contributed by atoms with Gasteiger partial charge >= 0.3 is 0 Å². The van der Waals surface area contributed by atoms with Crippen LogP contribution in [0.25, 0.3) is 10.9 Å². The summed E-state index contributed by atoms with van der Waals surface area (Å²) in [4.78, 5) is 37.1. The molecule has 2 aromatic carbocycles. The first kappa shape index (κ1) is 18.7. The molecule has 2 heterocycles. The Morgan fingerprint density at radius 2 is 1.93 bits per heavy atom. The first-order chi connectivity index (χ1) is 14.0. The summed E-state index contributed by atoms with van der Waals surface area (Å²) in [7, 11) is 0. The van der Waals surface area contributed by atoms with E-state index in [0.29, 0.717) is 24.3 Å².